The molecule has 0 saturated carbocycles. The molecule has 28 heavy (non-hydrogen) atoms. The fraction of sp³-hybridized carbons (Fsp3) is 0.611. The number of nitrogens with one attached hydrogen (secondary N) is 1. The first-order chi connectivity index (χ1) is 13.2. The minimum Gasteiger partial charge on any atom is -0.371 e. The van der Waals surface area contributed by atoms with Gasteiger partial charge in [-0.2, -0.15) is 18.3 Å². The van der Waals surface area contributed by atoms with E-state index in [2.05, 4.69) is 15.4 Å². The lowest BCUT2D eigenvalue weighted by molar-refractivity contribution is -0.140. The maximum Gasteiger partial charge on any atom is 0.434 e. The smallest absolute Gasteiger partial charge is 0.371 e. The monoisotopic (exact) mass is 416 g/mol. The van der Waals surface area contributed by atoms with Crippen molar-refractivity contribution in [2.45, 2.75) is 58.0 Å². The lowest BCUT2D eigenvalue weighted by atomic mass is 9.97. The zero-order chi connectivity index (χ0) is 20.5. The molecule has 0 radical (unpaired) electrons. The van der Waals surface area contributed by atoms with Crippen LogP contribution < -0.4 is 5.32 Å². The fourth-order valence-electron chi connectivity index (χ4n) is 3.33. The molecular weight excluding hydrogens is 393 g/mol. The molecule has 2 aromatic heterocycles. The van der Waals surface area contributed by atoms with Crippen molar-refractivity contribution in [3.05, 3.63) is 34.0 Å². The first-order valence-corrected chi connectivity index (χ1v) is 10.1. The third-order valence-electron chi connectivity index (χ3n) is 4.75. The highest BCUT2D eigenvalue weighted by Gasteiger charge is 2.39. The molecule has 3 rings (SSSR count). The average molecular weight is 416 g/mol. The van der Waals surface area contributed by atoms with E-state index in [0.717, 1.165) is 22.4 Å². The molecule has 1 aliphatic rings. The predicted octanol–water partition coefficient (Wildman–Crippen LogP) is 4.28. The van der Waals surface area contributed by atoms with Gasteiger partial charge in [0.1, 0.15) is 11.1 Å². The molecule has 1 amide bonds. The van der Waals surface area contributed by atoms with Crippen molar-refractivity contribution in [1.82, 2.24) is 20.1 Å². The topological polar surface area (TPSA) is 69.0 Å². The molecule has 0 bridgehead atoms. The number of carbonyl (C=O) groups is 1. The Labute approximate surface area is 165 Å². The summed E-state index contributed by atoms with van der Waals surface area (Å²) in [6.07, 6.45) is -2.25. The maximum absolute atomic E-state index is 12.9. The number of carbonyl (C=O) groups excluding carboxylic acids is 1. The molecular formula is C18H23F3N4O2S. The van der Waals surface area contributed by atoms with Gasteiger partial charge in [0.2, 0.25) is 5.91 Å². The van der Waals surface area contributed by atoms with E-state index in [1.165, 1.54) is 0 Å². The minimum atomic E-state index is -4.49. The first kappa shape index (κ1) is 20.8. The van der Waals surface area contributed by atoms with E-state index < -0.39 is 29.9 Å². The number of nitrogens with zero attached hydrogens (tertiary/aromatic N) is 3. The van der Waals surface area contributed by atoms with Gasteiger partial charge in [-0.05, 0) is 32.8 Å². The van der Waals surface area contributed by atoms with E-state index >= 15 is 0 Å². The van der Waals surface area contributed by atoms with Crippen molar-refractivity contribution in [1.29, 1.82) is 0 Å². The van der Waals surface area contributed by atoms with Gasteiger partial charge in [0.25, 0.3) is 0 Å². The number of amides is 1. The number of rotatable bonds is 6. The van der Waals surface area contributed by atoms with Crippen molar-refractivity contribution in [3.8, 4) is 0 Å². The molecule has 6 nitrogen and oxygen atoms in total. The second-order valence-electron chi connectivity index (χ2n) is 7.02. The summed E-state index contributed by atoms with van der Waals surface area (Å²) in [6, 6.07) is 1.39. The molecule has 154 valence electrons. The van der Waals surface area contributed by atoms with Crippen LogP contribution in [0.15, 0.2) is 17.6 Å². The van der Waals surface area contributed by atoms with Crippen molar-refractivity contribution < 1.29 is 22.7 Å². The second kappa shape index (κ2) is 8.20. The van der Waals surface area contributed by atoms with Crippen LogP contribution in [0.5, 0.6) is 0 Å². The molecule has 1 unspecified atom stereocenters. The molecule has 3 atom stereocenters. The zero-order valence-electron chi connectivity index (χ0n) is 15.9. The quantitative estimate of drug-likeness (QED) is 0.763. The molecule has 1 saturated heterocycles. The van der Waals surface area contributed by atoms with Crippen LogP contribution in [0.4, 0.5) is 13.2 Å². The van der Waals surface area contributed by atoms with Crippen LogP contribution in [-0.4, -0.2) is 27.3 Å². The summed E-state index contributed by atoms with van der Waals surface area (Å²) in [7, 11) is 0. The summed E-state index contributed by atoms with van der Waals surface area (Å²) in [5.41, 5.74) is -0.0996. The van der Waals surface area contributed by atoms with Gasteiger partial charge in [-0.1, -0.05) is 6.92 Å². The highest BCUT2D eigenvalue weighted by atomic mass is 32.1. The Morgan fingerprint density at radius 1 is 1.46 bits per heavy atom. The zero-order valence-corrected chi connectivity index (χ0v) is 16.7. The van der Waals surface area contributed by atoms with E-state index in [1.54, 1.807) is 13.1 Å². The van der Waals surface area contributed by atoms with E-state index in [1.807, 2.05) is 24.6 Å². The van der Waals surface area contributed by atoms with Crippen molar-refractivity contribution in [2.24, 2.45) is 5.92 Å². The van der Waals surface area contributed by atoms with Crippen LogP contribution in [0.3, 0.4) is 0 Å². The Balaban J connectivity index is 1.75. The number of ether oxygens (including phenoxy) is 1. The first-order valence-electron chi connectivity index (χ1n) is 9.20. The molecule has 10 heteroatoms. The van der Waals surface area contributed by atoms with Crippen molar-refractivity contribution in [2.75, 3.05) is 6.61 Å². The number of alkyl halides is 3. The Morgan fingerprint density at radius 2 is 2.21 bits per heavy atom. The fourth-order valence-corrected chi connectivity index (χ4v) is 4.29. The Kier molecular flexibility index (Phi) is 6.09. The summed E-state index contributed by atoms with van der Waals surface area (Å²) in [6.45, 7) is 6.23. The third kappa shape index (κ3) is 4.22. The number of aromatic nitrogens is 3. The highest BCUT2D eigenvalue weighted by molar-refractivity contribution is 7.09. The molecule has 1 aliphatic heterocycles. The van der Waals surface area contributed by atoms with Gasteiger partial charge in [-0.25, -0.2) is 4.98 Å². The van der Waals surface area contributed by atoms with E-state index in [-0.39, 0.29) is 17.0 Å². The van der Waals surface area contributed by atoms with Crippen LogP contribution in [0.1, 0.15) is 68.2 Å². The Bertz CT molecular complexity index is 818. The van der Waals surface area contributed by atoms with Crippen LogP contribution >= 0.6 is 11.3 Å². The van der Waals surface area contributed by atoms with Crippen LogP contribution in [0.2, 0.25) is 0 Å². The summed E-state index contributed by atoms with van der Waals surface area (Å²) in [4.78, 5) is 16.6. The summed E-state index contributed by atoms with van der Waals surface area (Å²) >= 11 is 0.907. The van der Waals surface area contributed by atoms with Crippen LogP contribution in [-0.2, 0) is 15.7 Å². The minimum absolute atomic E-state index is 0.123. The molecule has 0 aliphatic carbocycles. The molecule has 3 heterocycles. The second-order valence-corrected chi connectivity index (χ2v) is 7.91. The normalized spacial score (nSPS) is 21.2. The number of thiazole rings is 1. The average Bonchev–Trinajstić information content (AvgIpc) is 3.37. The molecule has 0 spiro atoms. The predicted molar refractivity (Wildman–Crippen MR) is 97.7 cm³/mol. The standard InChI is InChI=1S/C18H23F3N4O2S/c1-4-12(17-24-14(9-28-17)18(19,20)21)23-16(26)11-6-8-27-15(11)13-5-7-22-25(13)10(2)3/h5,7,9-12,15H,4,6,8H2,1-3H3,(H,23,26)/t11-,12?,15-/m0/s1. The van der Waals surface area contributed by atoms with Crippen molar-refractivity contribution in [3.63, 3.8) is 0 Å². The molecule has 1 N–H and O–H groups in total. The Morgan fingerprint density at radius 3 is 2.82 bits per heavy atom. The van der Waals surface area contributed by atoms with Gasteiger partial charge in [-0.15, -0.1) is 11.3 Å². The van der Waals surface area contributed by atoms with Crippen molar-refractivity contribution >= 4 is 17.2 Å². The number of hydrogen-bond donors (Lipinski definition) is 1. The van der Waals surface area contributed by atoms with E-state index in [9.17, 15) is 18.0 Å². The number of hydrogen-bond acceptors (Lipinski definition) is 5. The van der Waals surface area contributed by atoms with Gasteiger partial charge in [0, 0.05) is 24.2 Å². The van der Waals surface area contributed by atoms with Gasteiger partial charge < -0.3 is 10.1 Å². The third-order valence-corrected chi connectivity index (χ3v) is 5.70. The van der Waals surface area contributed by atoms with Crippen LogP contribution in [0.25, 0.3) is 0 Å². The molecule has 2 aromatic rings. The number of halogens is 3. The van der Waals surface area contributed by atoms with Gasteiger partial charge in [-0.3, -0.25) is 9.48 Å². The SMILES string of the molecule is CCC(NC(=O)[C@H]1CCO[C@@H]1c1ccnn1C(C)C)c1nc(C(F)(F)F)cs1. The van der Waals surface area contributed by atoms with Gasteiger partial charge in [0.05, 0.1) is 17.7 Å². The molecule has 0 aromatic carbocycles. The maximum atomic E-state index is 12.9. The van der Waals surface area contributed by atoms with Gasteiger partial charge in [0.15, 0.2) is 5.69 Å². The summed E-state index contributed by atoms with van der Waals surface area (Å²) in [5, 5.41) is 8.39. The molecule has 1 fully saturated rings. The summed E-state index contributed by atoms with van der Waals surface area (Å²) in [5.74, 6) is -0.667. The van der Waals surface area contributed by atoms with Crippen LogP contribution in [0, 0.1) is 5.92 Å². The highest BCUT2D eigenvalue weighted by Crippen LogP contribution is 2.37. The Hall–Kier alpha value is -1.94. The summed E-state index contributed by atoms with van der Waals surface area (Å²) < 4.78 is 46.1. The largest absolute Gasteiger partial charge is 0.434 e. The lowest BCUT2D eigenvalue weighted by Crippen LogP contribution is -2.35. The van der Waals surface area contributed by atoms with E-state index in [4.69, 9.17) is 4.74 Å². The van der Waals surface area contributed by atoms with Gasteiger partial charge >= 0.3 is 6.18 Å². The lowest BCUT2D eigenvalue weighted by Gasteiger charge is -2.23. The van der Waals surface area contributed by atoms with E-state index in [0.29, 0.717) is 19.4 Å².